The first-order chi connectivity index (χ1) is 12.1. The monoisotopic (exact) mass is 344 g/mol. The molecule has 1 amide bonds. The number of carbonyl (C=O) groups excluding carboxylic acids is 1. The van der Waals surface area contributed by atoms with Crippen LogP contribution in [0.15, 0.2) is 28.7 Å². The molecule has 0 N–H and O–H groups in total. The van der Waals surface area contributed by atoms with E-state index in [2.05, 4.69) is 15.1 Å². The van der Waals surface area contributed by atoms with Gasteiger partial charge in [0.2, 0.25) is 11.8 Å². The molecule has 2 aromatic rings. The first-order valence-electron chi connectivity index (χ1n) is 8.64. The maximum absolute atomic E-state index is 11.8. The highest BCUT2D eigenvalue weighted by molar-refractivity contribution is 5.67. The molecule has 134 valence electrons. The number of ether oxygens (including phenoxy) is 1. The fraction of sp³-hybridized carbons (Fsp3) is 0.500. The maximum Gasteiger partial charge on any atom is 0.409 e. The SMILES string of the molecule is CCOC(=O)N1CCN(C(C)c2nnc(-c3ccc(C)cc3)o2)CC1. The third-order valence-electron chi connectivity index (χ3n) is 4.48. The minimum absolute atomic E-state index is 0.0102. The van der Waals surface area contributed by atoms with E-state index in [0.29, 0.717) is 31.5 Å². The van der Waals surface area contributed by atoms with Crippen molar-refractivity contribution >= 4 is 6.09 Å². The molecule has 0 bridgehead atoms. The molecule has 0 aliphatic carbocycles. The van der Waals surface area contributed by atoms with Crippen molar-refractivity contribution < 1.29 is 13.9 Å². The van der Waals surface area contributed by atoms with Crippen LogP contribution in [0.4, 0.5) is 4.79 Å². The number of aromatic nitrogens is 2. The van der Waals surface area contributed by atoms with Crippen molar-refractivity contribution in [2.75, 3.05) is 32.8 Å². The molecule has 0 saturated carbocycles. The molecule has 1 aliphatic heterocycles. The number of hydrogen-bond acceptors (Lipinski definition) is 6. The summed E-state index contributed by atoms with van der Waals surface area (Å²) in [5, 5.41) is 8.38. The van der Waals surface area contributed by atoms with Crippen molar-refractivity contribution in [2.24, 2.45) is 0 Å². The van der Waals surface area contributed by atoms with E-state index in [1.54, 1.807) is 4.90 Å². The lowest BCUT2D eigenvalue weighted by molar-refractivity contribution is 0.0642. The number of nitrogens with zero attached hydrogens (tertiary/aromatic N) is 4. The molecule has 1 unspecified atom stereocenters. The molecular weight excluding hydrogens is 320 g/mol. The van der Waals surface area contributed by atoms with Gasteiger partial charge >= 0.3 is 6.09 Å². The van der Waals surface area contributed by atoms with E-state index >= 15 is 0 Å². The van der Waals surface area contributed by atoms with Gasteiger partial charge in [-0.15, -0.1) is 10.2 Å². The van der Waals surface area contributed by atoms with E-state index < -0.39 is 0 Å². The third kappa shape index (κ3) is 3.99. The zero-order valence-corrected chi connectivity index (χ0v) is 14.9. The number of aryl methyl sites for hydroxylation is 1. The topological polar surface area (TPSA) is 71.7 Å². The van der Waals surface area contributed by atoms with E-state index in [9.17, 15) is 4.79 Å². The zero-order chi connectivity index (χ0) is 17.8. The number of benzene rings is 1. The van der Waals surface area contributed by atoms with Crippen molar-refractivity contribution in [1.82, 2.24) is 20.0 Å². The predicted molar refractivity (Wildman–Crippen MR) is 93.1 cm³/mol. The van der Waals surface area contributed by atoms with Crippen molar-refractivity contribution in [3.05, 3.63) is 35.7 Å². The Morgan fingerprint density at radius 1 is 1.20 bits per heavy atom. The zero-order valence-electron chi connectivity index (χ0n) is 14.9. The van der Waals surface area contributed by atoms with E-state index in [0.717, 1.165) is 18.7 Å². The second-order valence-electron chi connectivity index (χ2n) is 6.21. The molecule has 3 rings (SSSR count). The van der Waals surface area contributed by atoms with Crippen LogP contribution in [0.1, 0.15) is 31.3 Å². The van der Waals surface area contributed by atoms with Crippen LogP contribution in [-0.4, -0.2) is 58.9 Å². The van der Waals surface area contributed by atoms with Crippen LogP contribution in [-0.2, 0) is 4.74 Å². The Bertz CT molecular complexity index is 705. The van der Waals surface area contributed by atoms with Gasteiger partial charge in [-0.2, -0.15) is 0 Å². The number of amides is 1. The summed E-state index contributed by atoms with van der Waals surface area (Å²) in [6, 6.07) is 8.02. The highest BCUT2D eigenvalue weighted by Gasteiger charge is 2.28. The first kappa shape index (κ1) is 17.4. The lowest BCUT2D eigenvalue weighted by Gasteiger charge is -2.36. The van der Waals surface area contributed by atoms with E-state index in [1.165, 1.54) is 5.56 Å². The highest BCUT2D eigenvalue weighted by atomic mass is 16.6. The number of hydrogen-bond donors (Lipinski definition) is 0. The fourth-order valence-electron chi connectivity index (χ4n) is 2.88. The van der Waals surface area contributed by atoms with Gasteiger partial charge in [0, 0.05) is 31.7 Å². The van der Waals surface area contributed by atoms with Crippen LogP contribution < -0.4 is 0 Å². The molecule has 7 nitrogen and oxygen atoms in total. The van der Waals surface area contributed by atoms with Gasteiger partial charge in [0.1, 0.15) is 0 Å². The van der Waals surface area contributed by atoms with E-state index in [1.807, 2.05) is 45.0 Å². The molecule has 1 aromatic carbocycles. The molecule has 2 heterocycles. The Labute approximate surface area is 147 Å². The smallest absolute Gasteiger partial charge is 0.409 e. The van der Waals surface area contributed by atoms with Gasteiger partial charge in [-0.05, 0) is 32.9 Å². The van der Waals surface area contributed by atoms with Crippen molar-refractivity contribution in [2.45, 2.75) is 26.8 Å². The van der Waals surface area contributed by atoms with Crippen LogP contribution in [0.5, 0.6) is 0 Å². The summed E-state index contributed by atoms with van der Waals surface area (Å²) in [5.41, 5.74) is 2.11. The lowest BCUT2D eigenvalue weighted by atomic mass is 10.1. The summed E-state index contributed by atoms with van der Waals surface area (Å²) in [5.74, 6) is 1.13. The summed E-state index contributed by atoms with van der Waals surface area (Å²) in [6.07, 6.45) is -0.241. The Hall–Kier alpha value is -2.41. The highest BCUT2D eigenvalue weighted by Crippen LogP contribution is 2.25. The molecule has 25 heavy (non-hydrogen) atoms. The van der Waals surface area contributed by atoms with E-state index in [-0.39, 0.29) is 12.1 Å². The van der Waals surface area contributed by atoms with Crippen LogP contribution in [0, 0.1) is 6.92 Å². The Balaban J connectivity index is 1.62. The van der Waals surface area contributed by atoms with Gasteiger partial charge in [0.05, 0.1) is 12.6 Å². The summed E-state index contributed by atoms with van der Waals surface area (Å²) in [4.78, 5) is 15.7. The molecule has 1 aliphatic rings. The fourth-order valence-corrected chi connectivity index (χ4v) is 2.88. The van der Waals surface area contributed by atoms with Gasteiger partial charge in [-0.25, -0.2) is 4.79 Å². The second-order valence-corrected chi connectivity index (χ2v) is 6.21. The van der Waals surface area contributed by atoms with Gasteiger partial charge in [0.25, 0.3) is 0 Å². The molecule has 7 heteroatoms. The number of rotatable bonds is 4. The third-order valence-corrected chi connectivity index (χ3v) is 4.48. The minimum Gasteiger partial charge on any atom is -0.450 e. The summed E-state index contributed by atoms with van der Waals surface area (Å²) >= 11 is 0. The number of carbonyl (C=O) groups is 1. The molecule has 1 fully saturated rings. The largest absolute Gasteiger partial charge is 0.450 e. The first-order valence-corrected chi connectivity index (χ1v) is 8.64. The lowest BCUT2D eigenvalue weighted by Crippen LogP contribution is -2.49. The summed E-state index contributed by atoms with van der Waals surface area (Å²) in [7, 11) is 0. The Morgan fingerprint density at radius 3 is 2.52 bits per heavy atom. The van der Waals surface area contributed by atoms with Crippen LogP contribution in [0.25, 0.3) is 11.5 Å². The Kier molecular flexibility index (Phi) is 5.33. The van der Waals surface area contributed by atoms with Crippen LogP contribution in [0.2, 0.25) is 0 Å². The molecule has 0 spiro atoms. The number of piperazine rings is 1. The molecular formula is C18H24N4O3. The van der Waals surface area contributed by atoms with Gasteiger partial charge in [-0.3, -0.25) is 4.90 Å². The minimum atomic E-state index is -0.241. The molecule has 1 aromatic heterocycles. The van der Waals surface area contributed by atoms with Crippen LogP contribution in [0.3, 0.4) is 0 Å². The van der Waals surface area contributed by atoms with E-state index in [4.69, 9.17) is 9.15 Å². The van der Waals surface area contributed by atoms with Crippen LogP contribution >= 0.6 is 0 Å². The van der Waals surface area contributed by atoms with Crippen molar-refractivity contribution in [1.29, 1.82) is 0 Å². The van der Waals surface area contributed by atoms with Crippen molar-refractivity contribution in [3.63, 3.8) is 0 Å². The van der Waals surface area contributed by atoms with Gasteiger partial charge < -0.3 is 14.1 Å². The second kappa shape index (κ2) is 7.65. The van der Waals surface area contributed by atoms with Crippen molar-refractivity contribution in [3.8, 4) is 11.5 Å². The molecule has 0 radical (unpaired) electrons. The maximum atomic E-state index is 11.8. The average Bonchev–Trinajstić information content (AvgIpc) is 3.12. The molecule has 1 atom stereocenters. The van der Waals surface area contributed by atoms with Gasteiger partial charge in [0.15, 0.2) is 0 Å². The standard InChI is InChI=1S/C18H24N4O3/c1-4-24-18(23)22-11-9-21(10-12-22)14(3)16-19-20-17(25-16)15-7-5-13(2)6-8-15/h5-8,14H,4,9-12H2,1-3H3. The average molecular weight is 344 g/mol. The van der Waals surface area contributed by atoms with Gasteiger partial charge in [-0.1, -0.05) is 17.7 Å². The summed E-state index contributed by atoms with van der Waals surface area (Å²) in [6.45, 7) is 9.10. The molecule has 1 saturated heterocycles. The summed E-state index contributed by atoms with van der Waals surface area (Å²) < 4.78 is 10.9. The predicted octanol–water partition coefficient (Wildman–Crippen LogP) is 2.88. The Morgan fingerprint density at radius 2 is 1.88 bits per heavy atom. The normalized spacial score (nSPS) is 16.7. The quantitative estimate of drug-likeness (QED) is 0.849.